The van der Waals surface area contributed by atoms with Crippen molar-refractivity contribution in [2.24, 2.45) is 10.4 Å². The Kier molecular flexibility index (Phi) is 5.34. The number of aliphatic hydroxyl groups excluding tert-OH is 1. The third kappa shape index (κ3) is 3.40. The second kappa shape index (κ2) is 7.92. The standard InChI is InChI=1S/C27H32N4O3Si/c1-26(2,3)25-27(34-35(5)6,20-16-29-22-14-10-8-12-18(20)22)31(4,33)24(32)23(30-25)19-15-28-21-13-9-7-11-17(19)21/h7-16,28-29,32,35H,1-6H3. The van der Waals surface area contributed by atoms with Gasteiger partial charge in [-0.1, -0.05) is 57.2 Å². The summed E-state index contributed by atoms with van der Waals surface area (Å²) in [6.07, 6.45) is 3.64. The molecule has 3 heterocycles. The summed E-state index contributed by atoms with van der Waals surface area (Å²) in [4.78, 5) is 11.6. The van der Waals surface area contributed by atoms with Crippen molar-refractivity contribution in [3.8, 4) is 0 Å². The number of fused-ring (bicyclic) bond motifs is 2. The van der Waals surface area contributed by atoms with Crippen molar-refractivity contribution in [1.82, 2.24) is 9.97 Å². The second-order valence-corrected chi connectivity index (χ2v) is 12.9. The number of rotatable bonds is 4. The first-order valence-corrected chi connectivity index (χ1v) is 14.7. The molecule has 182 valence electrons. The van der Waals surface area contributed by atoms with Gasteiger partial charge in [0, 0.05) is 45.2 Å². The number of hydrogen-bond donors (Lipinski definition) is 3. The molecule has 0 saturated carbocycles. The van der Waals surface area contributed by atoms with Gasteiger partial charge in [0.15, 0.2) is 14.7 Å². The first-order chi connectivity index (χ1) is 16.5. The Hall–Kier alpha value is -3.17. The van der Waals surface area contributed by atoms with Crippen LogP contribution in [0.3, 0.4) is 0 Å². The van der Waals surface area contributed by atoms with Crippen LogP contribution in [0.4, 0.5) is 0 Å². The van der Waals surface area contributed by atoms with Gasteiger partial charge in [-0.2, -0.15) is 0 Å². The van der Waals surface area contributed by atoms with Crippen LogP contribution in [0.5, 0.6) is 0 Å². The monoisotopic (exact) mass is 488 g/mol. The Balaban J connectivity index is 1.88. The zero-order valence-electron chi connectivity index (χ0n) is 21.0. The third-order valence-corrected chi connectivity index (χ3v) is 7.49. The maximum Gasteiger partial charge on any atom is 0.319 e. The molecule has 8 heteroatoms. The molecule has 0 fully saturated rings. The van der Waals surface area contributed by atoms with Crippen LogP contribution in [0.15, 0.2) is 71.8 Å². The Labute approximate surface area is 206 Å². The molecular formula is C27H32N4O3Si. The van der Waals surface area contributed by atoms with Gasteiger partial charge in [-0.05, 0) is 25.2 Å². The van der Waals surface area contributed by atoms with Crippen molar-refractivity contribution in [2.45, 2.75) is 39.6 Å². The van der Waals surface area contributed by atoms with E-state index >= 15 is 0 Å². The number of nitrogens with zero attached hydrogens (tertiary/aromatic N) is 2. The molecule has 2 unspecified atom stereocenters. The topological polar surface area (TPSA) is 96.5 Å². The quantitative estimate of drug-likeness (QED) is 0.183. The predicted octanol–water partition coefficient (Wildman–Crippen LogP) is 6.13. The zero-order chi connectivity index (χ0) is 25.2. The van der Waals surface area contributed by atoms with Crippen LogP contribution >= 0.6 is 0 Å². The smallest absolute Gasteiger partial charge is 0.319 e. The van der Waals surface area contributed by atoms with Crippen molar-refractivity contribution < 1.29 is 14.2 Å². The van der Waals surface area contributed by atoms with Crippen molar-refractivity contribution in [2.75, 3.05) is 7.05 Å². The van der Waals surface area contributed by atoms with E-state index in [-0.39, 0.29) is 11.6 Å². The predicted molar refractivity (Wildman–Crippen MR) is 144 cm³/mol. The molecule has 0 spiro atoms. The molecule has 1 aliphatic heterocycles. The highest BCUT2D eigenvalue weighted by molar-refractivity contribution is 6.48. The summed E-state index contributed by atoms with van der Waals surface area (Å²) in [5.41, 5.74) is 1.96. The van der Waals surface area contributed by atoms with Crippen LogP contribution < -0.4 is 0 Å². The molecule has 7 nitrogen and oxygen atoms in total. The van der Waals surface area contributed by atoms with Crippen molar-refractivity contribution in [1.29, 1.82) is 0 Å². The summed E-state index contributed by atoms with van der Waals surface area (Å²) in [5.74, 6) is -0.373. The number of aromatic amines is 2. The number of benzene rings is 2. The lowest BCUT2D eigenvalue weighted by Gasteiger charge is -2.56. The number of quaternary nitrogens is 1. The molecule has 1 aliphatic rings. The van der Waals surface area contributed by atoms with Gasteiger partial charge >= 0.3 is 5.88 Å². The maximum absolute atomic E-state index is 14.9. The van der Waals surface area contributed by atoms with Crippen LogP contribution in [-0.2, 0) is 10.2 Å². The fraction of sp³-hybridized carbons (Fsp3) is 0.296. The Morgan fingerprint density at radius 2 is 1.54 bits per heavy atom. The molecule has 35 heavy (non-hydrogen) atoms. The molecule has 0 radical (unpaired) electrons. The molecule has 0 saturated heterocycles. The minimum Gasteiger partial charge on any atom is -0.623 e. The summed E-state index contributed by atoms with van der Waals surface area (Å²) < 4.78 is 5.61. The maximum atomic E-state index is 14.9. The lowest BCUT2D eigenvalue weighted by atomic mass is 9.78. The van der Waals surface area contributed by atoms with Crippen molar-refractivity contribution in [3.63, 3.8) is 0 Å². The number of aliphatic imine (C=N–C) groups is 1. The fourth-order valence-electron chi connectivity index (χ4n) is 5.19. The van der Waals surface area contributed by atoms with Gasteiger partial charge in [0.1, 0.15) is 5.71 Å². The average molecular weight is 489 g/mol. The summed E-state index contributed by atoms with van der Waals surface area (Å²) >= 11 is 0. The van der Waals surface area contributed by atoms with Crippen LogP contribution in [0.2, 0.25) is 13.1 Å². The van der Waals surface area contributed by atoms with Gasteiger partial charge < -0.3 is 24.7 Å². The number of H-pyrrole nitrogens is 2. The first-order valence-electron chi connectivity index (χ1n) is 11.9. The number of aliphatic hydroxyl groups is 1. The molecule has 0 bridgehead atoms. The van der Waals surface area contributed by atoms with E-state index in [0.717, 1.165) is 21.8 Å². The van der Waals surface area contributed by atoms with E-state index < -0.39 is 24.8 Å². The Morgan fingerprint density at radius 3 is 2.17 bits per heavy atom. The van der Waals surface area contributed by atoms with E-state index in [2.05, 4.69) is 9.97 Å². The summed E-state index contributed by atoms with van der Waals surface area (Å²) in [6, 6.07) is 15.6. The minimum atomic E-state index is -1.83. The van der Waals surface area contributed by atoms with Gasteiger partial charge in [-0.3, -0.25) is 4.65 Å². The Bertz CT molecular complexity index is 1490. The number of hydroxylamine groups is 3. The van der Waals surface area contributed by atoms with Gasteiger partial charge in [0.2, 0.25) is 0 Å². The van der Waals surface area contributed by atoms with Crippen LogP contribution in [0, 0.1) is 10.6 Å². The average Bonchev–Trinajstić information content (AvgIpc) is 3.41. The highest BCUT2D eigenvalue weighted by Crippen LogP contribution is 2.51. The molecule has 0 amide bonds. The SMILES string of the molecule is C[SiH](C)OC1(c2c[nH]c3ccccc23)C(C(C)(C)C)=NC(c2c[nH]c3ccccc23)=C(O)[N+]1(C)[O-]. The lowest BCUT2D eigenvalue weighted by molar-refractivity contribution is -0.911. The van der Waals surface area contributed by atoms with Crippen LogP contribution in [-0.4, -0.2) is 41.5 Å². The molecule has 2 aromatic heterocycles. The van der Waals surface area contributed by atoms with E-state index in [1.807, 2.05) is 88.6 Å². The van der Waals surface area contributed by atoms with Crippen LogP contribution in [0.1, 0.15) is 31.9 Å². The van der Waals surface area contributed by atoms with Gasteiger partial charge in [0.25, 0.3) is 5.72 Å². The largest absolute Gasteiger partial charge is 0.623 e. The second-order valence-electron chi connectivity index (χ2n) is 10.6. The molecular weight excluding hydrogens is 456 g/mol. The number of para-hydroxylation sites is 2. The molecule has 2 aromatic carbocycles. The van der Waals surface area contributed by atoms with E-state index in [1.54, 1.807) is 6.20 Å². The van der Waals surface area contributed by atoms with E-state index in [0.29, 0.717) is 16.8 Å². The van der Waals surface area contributed by atoms with Crippen LogP contribution in [0.25, 0.3) is 27.5 Å². The summed E-state index contributed by atoms with van der Waals surface area (Å²) in [6.45, 7) is 10.2. The third-order valence-electron chi connectivity index (χ3n) is 6.68. The highest BCUT2D eigenvalue weighted by atomic mass is 28.3. The first kappa shape index (κ1) is 23.6. The molecule has 3 N–H and O–H groups in total. The minimum absolute atomic E-state index is 0.273. The van der Waals surface area contributed by atoms with E-state index in [1.165, 1.54) is 7.05 Å². The van der Waals surface area contributed by atoms with E-state index in [4.69, 9.17) is 9.42 Å². The molecule has 2 atom stereocenters. The van der Waals surface area contributed by atoms with Gasteiger partial charge in [0.05, 0.1) is 12.6 Å². The van der Waals surface area contributed by atoms with Crippen molar-refractivity contribution in [3.05, 3.63) is 83.1 Å². The highest BCUT2D eigenvalue weighted by Gasteiger charge is 2.61. The summed E-state index contributed by atoms with van der Waals surface area (Å²) in [5, 5.41) is 28.4. The molecule has 0 aliphatic carbocycles. The number of nitrogens with one attached hydrogen (secondary N) is 2. The fourth-order valence-corrected chi connectivity index (χ4v) is 6.31. The molecule has 5 rings (SSSR count). The zero-order valence-corrected chi connectivity index (χ0v) is 22.2. The van der Waals surface area contributed by atoms with E-state index in [9.17, 15) is 10.3 Å². The van der Waals surface area contributed by atoms with Crippen molar-refractivity contribution >= 4 is 42.3 Å². The molecule has 4 aromatic rings. The normalized spacial score (nSPS) is 23.5. The summed E-state index contributed by atoms with van der Waals surface area (Å²) in [7, 11) is -0.353. The Morgan fingerprint density at radius 1 is 0.971 bits per heavy atom. The van der Waals surface area contributed by atoms with Gasteiger partial charge in [-0.25, -0.2) is 4.99 Å². The lowest BCUT2D eigenvalue weighted by Crippen LogP contribution is -2.66. The number of hydrogen-bond acceptors (Lipinski definition) is 4. The number of aromatic nitrogens is 2. The van der Waals surface area contributed by atoms with Gasteiger partial charge in [-0.15, -0.1) is 0 Å².